The Kier molecular flexibility index (Phi) is 3.15. The molecule has 87 valence electrons. The van der Waals surface area contributed by atoms with E-state index in [-0.39, 0.29) is 5.75 Å². The molecule has 0 aliphatic rings. The van der Waals surface area contributed by atoms with Gasteiger partial charge in [-0.15, -0.1) is 6.58 Å². The van der Waals surface area contributed by atoms with E-state index in [1.54, 1.807) is 12.1 Å². The molecule has 0 bridgehead atoms. The largest absolute Gasteiger partial charge is 0.257 e. The molecule has 0 spiro atoms. The number of fused-ring (bicyclic) bond motifs is 1. The third-order valence-corrected chi connectivity index (χ3v) is 3.46. The van der Waals surface area contributed by atoms with Crippen LogP contribution in [0, 0.1) is 0 Å². The van der Waals surface area contributed by atoms with Crippen molar-refractivity contribution in [1.29, 1.82) is 0 Å². The van der Waals surface area contributed by atoms with Gasteiger partial charge in [-0.2, -0.15) is 4.72 Å². The highest BCUT2D eigenvalue weighted by Gasteiger charge is 2.12. The monoisotopic (exact) mass is 246 g/mol. The van der Waals surface area contributed by atoms with Gasteiger partial charge >= 0.3 is 0 Å². The van der Waals surface area contributed by atoms with Gasteiger partial charge < -0.3 is 0 Å². The molecule has 2 rings (SSSR count). The van der Waals surface area contributed by atoms with Crippen LogP contribution in [0.25, 0.3) is 10.8 Å². The molecule has 0 saturated carbocycles. The zero-order valence-electron chi connectivity index (χ0n) is 9.20. The maximum Gasteiger partial charge on any atom is 0.257 e. The Balaban J connectivity index is 2.46. The number of hydrogen-bond donors (Lipinski definition) is 0. The second-order valence-electron chi connectivity index (χ2n) is 3.63. The molecule has 0 fully saturated rings. The molecule has 0 N–H and O–H groups in total. The molecule has 2 aromatic carbocycles. The van der Waals surface area contributed by atoms with Gasteiger partial charge in [-0.25, -0.2) is 8.42 Å². The van der Waals surface area contributed by atoms with Crippen molar-refractivity contribution in [2.24, 2.45) is 0 Å². The molecular formula is C13H12NO2S. The first kappa shape index (κ1) is 11.7. The van der Waals surface area contributed by atoms with Crippen molar-refractivity contribution in [3.63, 3.8) is 0 Å². The van der Waals surface area contributed by atoms with Gasteiger partial charge in [0.1, 0.15) is 0 Å². The minimum Gasteiger partial charge on any atom is -0.204 e. The van der Waals surface area contributed by atoms with Gasteiger partial charge in [0, 0.05) is 5.39 Å². The summed E-state index contributed by atoms with van der Waals surface area (Å²) in [5.74, 6) is -0.143. The molecule has 2 aromatic rings. The molecule has 0 aliphatic heterocycles. The minimum atomic E-state index is -3.47. The van der Waals surface area contributed by atoms with Gasteiger partial charge in [0.15, 0.2) is 0 Å². The van der Waals surface area contributed by atoms with E-state index in [1.807, 2.05) is 30.3 Å². The lowest BCUT2D eigenvalue weighted by molar-refractivity contribution is 0.593. The summed E-state index contributed by atoms with van der Waals surface area (Å²) < 4.78 is 27.0. The van der Waals surface area contributed by atoms with E-state index in [1.165, 1.54) is 6.08 Å². The number of hydrogen-bond acceptors (Lipinski definition) is 2. The number of rotatable bonds is 4. The van der Waals surface area contributed by atoms with Crippen LogP contribution in [0.4, 0.5) is 5.69 Å². The molecule has 0 aliphatic carbocycles. The Morgan fingerprint density at radius 3 is 2.59 bits per heavy atom. The molecule has 0 aromatic heterocycles. The summed E-state index contributed by atoms with van der Waals surface area (Å²) in [6.45, 7) is 3.41. The third kappa shape index (κ3) is 2.65. The standard InChI is InChI=1S/C13H12NO2S/c1-2-10-17(15,16)14-13-9-5-7-11-6-3-4-8-12(11)13/h2-9H,1,10H2. The highest BCUT2D eigenvalue weighted by atomic mass is 32.2. The fraction of sp³-hybridized carbons (Fsp3) is 0.0769. The quantitative estimate of drug-likeness (QED) is 0.778. The lowest BCUT2D eigenvalue weighted by atomic mass is 10.1. The van der Waals surface area contributed by atoms with Crippen LogP contribution in [0.15, 0.2) is 55.1 Å². The number of benzene rings is 2. The average molecular weight is 246 g/mol. The summed E-state index contributed by atoms with van der Waals surface area (Å²) in [5.41, 5.74) is 0.477. The molecule has 0 atom stereocenters. The Hall–Kier alpha value is -1.81. The van der Waals surface area contributed by atoms with Crippen LogP contribution in [-0.4, -0.2) is 14.2 Å². The molecule has 0 unspecified atom stereocenters. The fourth-order valence-corrected chi connectivity index (χ4v) is 2.46. The predicted molar refractivity (Wildman–Crippen MR) is 69.7 cm³/mol. The second-order valence-corrected chi connectivity index (χ2v) is 5.31. The molecular weight excluding hydrogens is 234 g/mol. The highest BCUT2D eigenvalue weighted by Crippen LogP contribution is 2.23. The van der Waals surface area contributed by atoms with Gasteiger partial charge in [-0.05, 0) is 11.5 Å². The molecule has 17 heavy (non-hydrogen) atoms. The van der Waals surface area contributed by atoms with E-state index < -0.39 is 10.0 Å². The molecule has 0 heterocycles. The van der Waals surface area contributed by atoms with Crippen LogP contribution < -0.4 is 4.72 Å². The van der Waals surface area contributed by atoms with Gasteiger partial charge in [-0.3, -0.25) is 0 Å². The van der Waals surface area contributed by atoms with Crippen molar-refractivity contribution in [2.45, 2.75) is 0 Å². The molecule has 1 radical (unpaired) electrons. The van der Waals surface area contributed by atoms with Crippen molar-refractivity contribution < 1.29 is 8.42 Å². The Labute approximate surface area is 101 Å². The van der Waals surface area contributed by atoms with Crippen molar-refractivity contribution in [3.05, 3.63) is 55.1 Å². The van der Waals surface area contributed by atoms with Crippen molar-refractivity contribution in [2.75, 3.05) is 5.75 Å². The van der Waals surface area contributed by atoms with E-state index in [4.69, 9.17) is 0 Å². The first-order valence-corrected chi connectivity index (χ1v) is 6.78. The van der Waals surface area contributed by atoms with E-state index in [2.05, 4.69) is 11.3 Å². The number of nitrogens with zero attached hydrogens (tertiary/aromatic N) is 1. The van der Waals surface area contributed by atoms with E-state index in [9.17, 15) is 8.42 Å². The summed E-state index contributed by atoms with van der Waals surface area (Å²) in [7, 11) is -3.47. The van der Waals surface area contributed by atoms with E-state index >= 15 is 0 Å². The summed E-state index contributed by atoms with van der Waals surface area (Å²) >= 11 is 0. The first-order chi connectivity index (χ1) is 8.12. The highest BCUT2D eigenvalue weighted by molar-refractivity contribution is 7.89. The number of sulfonamides is 1. The molecule has 0 saturated heterocycles. The van der Waals surface area contributed by atoms with E-state index in [0.29, 0.717) is 5.69 Å². The maximum atomic E-state index is 11.6. The van der Waals surface area contributed by atoms with Crippen molar-refractivity contribution in [1.82, 2.24) is 4.72 Å². The van der Waals surface area contributed by atoms with Crippen LogP contribution in [-0.2, 0) is 10.0 Å². The molecule has 4 heteroatoms. The Morgan fingerprint density at radius 2 is 1.82 bits per heavy atom. The summed E-state index contributed by atoms with van der Waals surface area (Å²) in [4.78, 5) is 0. The fourth-order valence-electron chi connectivity index (χ4n) is 1.62. The van der Waals surface area contributed by atoms with Crippen LogP contribution in [0.3, 0.4) is 0 Å². The first-order valence-electron chi connectivity index (χ1n) is 5.17. The summed E-state index contributed by atoms with van der Waals surface area (Å²) in [6, 6.07) is 13.0. The van der Waals surface area contributed by atoms with Gasteiger partial charge in [0.25, 0.3) is 10.0 Å². The van der Waals surface area contributed by atoms with Crippen molar-refractivity contribution >= 4 is 26.5 Å². The minimum absolute atomic E-state index is 0.143. The lowest BCUT2D eigenvalue weighted by Crippen LogP contribution is -2.14. The molecule has 0 amide bonds. The SMILES string of the molecule is C=CCS(=O)(=O)[N]c1cccc2ccccc12. The van der Waals surface area contributed by atoms with Crippen LogP contribution in [0.5, 0.6) is 0 Å². The lowest BCUT2D eigenvalue weighted by Gasteiger charge is -2.06. The second kappa shape index (κ2) is 4.59. The van der Waals surface area contributed by atoms with Gasteiger partial charge in [0.05, 0.1) is 11.4 Å². The van der Waals surface area contributed by atoms with E-state index in [0.717, 1.165) is 10.8 Å². The van der Waals surface area contributed by atoms with Gasteiger partial charge in [0.2, 0.25) is 0 Å². The van der Waals surface area contributed by atoms with Gasteiger partial charge in [-0.1, -0.05) is 42.5 Å². The predicted octanol–water partition coefficient (Wildman–Crippen LogP) is 2.59. The third-order valence-electron chi connectivity index (χ3n) is 2.33. The summed E-state index contributed by atoms with van der Waals surface area (Å²) in [5, 5.41) is 1.81. The molecule has 3 nitrogen and oxygen atoms in total. The zero-order chi connectivity index (χ0) is 12.3. The van der Waals surface area contributed by atoms with Crippen LogP contribution >= 0.6 is 0 Å². The average Bonchev–Trinajstić information content (AvgIpc) is 2.29. The zero-order valence-corrected chi connectivity index (χ0v) is 10.0. The summed E-state index contributed by atoms with van der Waals surface area (Å²) in [6.07, 6.45) is 1.34. The normalized spacial score (nSPS) is 11.3. The Bertz CT molecular complexity index is 642. The topological polar surface area (TPSA) is 48.2 Å². The maximum absolute atomic E-state index is 11.6. The van der Waals surface area contributed by atoms with Crippen molar-refractivity contribution in [3.8, 4) is 0 Å². The smallest absolute Gasteiger partial charge is 0.204 e. The Morgan fingerprint density at radius 1 is 1.12 bits per heavy atom. The van der Waals surface area contributed by atoms with Crippen LogP contribution in [0.2, 0.25) is 0 Å². The van der Waals surface area contributed by atoms with Crippen LogP contribution in [0.1, 0.15) is 0 Å².